The van der Waals surface area contributed by atoms with Crippen molar-refractivity contribution in [2.45, 2.75) is 6.42 Å². The number of rotatable bonds is 4. The summed E-state index contributed by atoms with van der Waals surface area (Å²) in [7, 11) is 0. The normalized spacial score (nSPS) is 11.0. The summed E-state index contributed by atoms with van der Waals surface area (Å²) < 4.78 is 1.99. The molecule has 0 aliphatic carbocycles. The van der Waals surface area contributed by atoms with E-state index in [9.17, 15) is 14.7 Å². The first-order valence-corrected chi connectivity index (χ1v) is 6.87. The van der Waals surface area contributed by atoms with Crippen molar-refractivity contribution in [3.63, 3.8) is 0 Å². The number of carboxylic acid groups (broad SMARTS) is 1. The third-order valence-electron chi connectivity index (χ3n) is 2.28. The van der Waals surface area contributed by atoms with E-state index in [0.717, 1.165) is 19.4 Å². The number of carbonyl (C=O) groups excluding carboxylic acids is 2. The van der Waals surface area contributed by atoms with E-state index in [1.807, 2.05) is 24.3 Å². The molecule has 19 heavy (non-hydrogen) atoms. The van der Waals surface area contributed by atoms with Crippen molar-refractivity contribution in [1.82, 2.24) is 5.43 Å². The van der Waals surface area contributed by atoms with Crippen LogP contribution >= 0.6 is 27.3 Å². The maximum absolute atomic E-state index is 11.1. The van der Waals surface area contributed by atoms with Crippen molar-refractivity contribution < 1.29 is 14.7 Å². The third-order valence-corrected chi connectivity index (χ3v) is 4.16. The van der Waals surface area contributed by atoms with Crippen LogP contribution in [0.3, 0.4) is 0 Å². The predicted octanol–water partition coefficient (Wildman–Crippen LogP) is 1.25. The minimum absolute atomic E-state index is 0.705. The molecule has 7 heteroatoms. The molecule has 0 unspecified atom stereocenters. The van der Waals surface area contributed by atoms with E-state index in [4.69, 9.17) is 0 Å². The van der Waals surface area contributed by atoms with Gasteiger partial charge in [-0.05, 0) is 22.0 Å². The van der Waals surface area contributed by atoms with E-state index in [1.54, 1.807) is 11.3 Å². The zero-order chi connectivity index (χ0) is 13.8. The minimum Gasteiger partial charge on any atom is -0.550 e. The summed E-state index contributed by atoms with van der Waals surface area (Å²) in [4.78, 5) is 21.3. The predicted molar refractivity (Wildman–Crippen MR) is 74.9 cm³/mol. The quantitative estimate of drug-likeness (QED) is 0.517. The lowest BCUT2D eigenvalue weighted by atomic mass is 10.2. The van der Waals surface area contributed by atoms with Crippen LogP contribution in [0.25, 0.3) is 10.1 Å². The molecule has 0 bridgehead atoms. The number of amides is 1. The SMILES string of the molecule is O=C([O-])CC(=O)N/N=C/c1c(Br)sc2ccccc12. The molecule has 0 saturated carbocycles. The molecule has 2 aromatic rings. The van der Waals surface area contributed by atoms with Gasteiger partial charge < -0.3 is 9.90 Å². The van der Waals surface area contributed by atoms with E-state index in [0.29, 0.717) is 0 Å². The fraction of sp³-hybridized carbons (Fsp3) is 0.0833. The highest BCUT2D eigenvalue weighted by Gasteiger charge is 2.07. The maximum atomic E-state index is 11.1. The Morgan fingerprint density at radius 3 is 2.89 bits per heavy atom. The van der Waals surface area contributed by atoms with Crippen LogP contribution in [0.5, 0.6) is 0 Å². The van der Waals surface area contributed by atoms with Crippen molar-refractivity contribution in [2.24, 2.45) is 5.10 Å². The van der Waals surface area contributed by atoms with Gasteiger partial charge in [0.15, 0.2) is 0 Å². The smallest absolute Gasteiger partial charge is 0.245 e. The summed E-state index contributed by atoms with van der Waals surface area (Å²) in [5, 5.41) is 15.0. The molecule has 0 spiro atoms. The summed E-state index contributed by atoms with van der Waals surface area (Å²) in [5.41, 5.74) is 2.98. The van der Waals surface area contributed by atoms with Gasteiger partial charge in [-0.1, -0.05) is 18.2 Å². The average Bonchev–Trinajstić information content (AvgIpc) is 2.65. The van der Waals surface area contributed by atoms with Gasteiger partial charge in [-0.3, -0.25) is 4.79 Å². The van der Waals surface area contributed by atoms with Gasteiger partial charge in [-0.2, -0.15) is 5.10 Å². The molecule has 0 atom stereocenters. The molecule has 0 fully saturated rings. The van der Waals surface area contributed by atoms with E-state index >= 15 is 0 Å². The monoisotopic (exact) mass is 339 g/mol. The number of hydrogen-bond acceptors (Lipinski definition) is 5. The second-order valence-corrected chi connectivity index (χ2v) is 6.00. The first kappa shape index (κ1) is 13.7. The second-order valence-electron chi connectivity index (χ2n) is 3.63. The summed E-state index contributed by atoms with van der Waals surface area (Å²) in [6, 6.07) is 7.78. The molecule has 1 amide bonds. The molecule has 0 aliphatic rings. The van der Waals surface area contributed by atoms with Crippen molar-refractivity contribution in [2.75, 3.05) is 0 Å². The highest BCUT2D eigenvalue weighted by atomic mass is 79.9. The number of thiophene rings is 1. The summed E-state index contributed by atoms with van der Waals surface area (Å²) in [6.07, 6.45) is 0.777. The Morgan fingerprint density at radius 1 is 1.42 bits per heavy atom. The molecule has 98 valence electrons. The summed E-state index contributed by atoms with van der Waals surface area (Å²) in [5.74, 6) is -2.15. The molecule has 1 aromatic carbocycles. The van der Waals surface area contributed by atoms with Gasteiger partial charge >= 0.3 is 0 Å². The van der Waals surface area contributed by atoms with Gasteiger partial charge in [0.05, 0.1) is 22.4 Å². The molecule has 2 rings (SSSR count). The Kier molecular flexibility index (Phi) is 4.28. The minimum atomic E-state index is -1.44. The van der Waals surface area contributed by atoms with Gasteiger partial charge in [-0.25, -0.2) is 5.43 Å². The van der Waals surface area contributed by atoms with E-state index < -0.39 is 18.3 Å². The highest BCUT2D eigenvalue weighted by Crippen LogP contribution is 2.33. The highest BCUT2D eigenvalue weighted by molar-refractivity contribution is 9.11. The van der Waals surface area contributed by atoms with E-state index in [2.05, 4.69) is 26.5 Å². The second kappa shape index (κ2) is 5.94. The number of nitrogens with one attached hydrogen (secondary N) is 1. The standard InChI is InChI=1S/C12H9BrN2O3S/c13-12-8(6-14-15-10(16)5-11(17)18)7-3-1-2-4-9(7)19-12/h1-4,6H,5H2,(H,15,16)(H,17,18)/p-1/b14-6+. The lowest BCUT2D eigenvalue weighted by Crippen LogP contribution is -2.30. The lowest BCUT2D eigenvalue weighted by Gasteiger charge is -1.99. The Balaban J connectivity index is 2.15. The van der Waals surface area contributed by atoms with Crippen LogP contribution < -0.4 is 10.5 Å². The van der Waals surface area contributed by atoms with Crippen LogP contribution in [0.1, 0.15) is 12.0 Å². The zero-order valence-corrected chi connectivity index (χ0v) is 12.0. The molecule has 1 heterocycles. The van der Waals surface area contributed by atoms with E-state index in [1.165, 1.54) is 6.21 Å². The van der Waals surface area contributed by atoms with Crippen LogP contribution in [0, 0.1) is 0 Å². The van der Waals surface area contributed by atoms with Gasteiger partial charge in [0, 0.05) is 15.6 Å². The Hall–Kier alpha value is -1.73. The fourth-order valence-electron chi connectivity index (χ4n) is 1.50. The van der Waals surface area contributed by atoms with Crippen molar-refractivity contribution in [3.05, 3.63) is 33.6 Å². The van der Waals surface area contributed by atoms with Gasteiger partial charge in [-0.15, -0.1) is 11.3 Å². The lowest BCUT2D eigenvalue weighted by molar-refractivity contribution is -0.304. The molecule has 5 nitrogen and oxygen atoms in total. The van der Waals surface area contributed by atoms with E-state index in [-0.39, 0.29) is 0 Å². The number of benzene rings is 1. The summed E-state index contributed by atoms with van der Waals surface area (Å²) in [6.45, 7) is 0. The number of hydrogen-bond donors (Lipinski definition) is 1. The largest absolute Gasteiger partial charge is 0.550 e. The van der Waals surface area contributed by atoms with Crippen LogP contribution in [-0.2, 0) is 9.59 Å². The van der Waals surface area contributed by atoms with Gasteiger partial charge in [0.25, 0.3) is 0 Å². The van der Waals surface area contributed by atoms with Crippen molar-refractivity contribution >= 4 is 55.4 Å². The average molecular weight is 340 g/mol. The van der Waals surface area contributed by atoms with Crippen LogP contribution in [0.4, 0.5) is 0 Å². The first-order valence-electron chi connectivity index (χ1n) is 5.26. The number of halogens is 1. The molecular formula is C12H8BrN2O3S-. The fourth-order valence-corrected chi connectivity index (χ4v) is 3.23. The molecule has 0 radical (unpaired) electrons. The maximum Gasteiger partial charge on any atom is 0.245 e. The Labute approximate surface area is 121 Å². The molecule has 0 aliphatic heterocycles. The number of carbonyl (C=O) groups is 2. The van der Waals surface area contributed by atoms with Crippen LogP contribution in [0.2, 0.25) is 0 Å². The molecule has 0 saturated heterocycles. The molecule has 1 N–H and O–H groups in total. The number of hydrazone groups is 1. The zero-order valence-electron chi connectivity index (χ0n) is 9.55. The number of nitrogens with zero attached hydrogens (tertiary/aromatic N) is 1. The topological polar surface area (TPSA) is 81.6 Å². The van der Waals surface area contributed by atoms with Crippen molar-refractivity contribution in [3.8, 4) is 0 Å². The number of fused-ring (bicyclic) bond motifs is 1. The van der Waals surface area contributed by atoms with Crippen LogP contribution in [-0.4, -0.2) is 18.1 Å². The first-order chi connectivity index (χ1) is 9.08. The molecule has 1 aromatic heterocycles. The molecular weight excluding hydrogens is 332 g/mol. The number of carboxylic acids is 1. The van der Waals surface area contributed by atoms with Gasteiger partial charge in [0.1, 0.15) is 0 Å². The Bertz CT molecular complexity index is 666. The number of aliphatic carboxylic acids is 1. The summed E-state index contributed by atoms with van der Waals surface area (Å²) >= 11 is 4.98. The van der Waals surface area contributed by atoms with Gasteiger partial charge in [0.2, 0.25) is 5.91 Å². The Morgan fingerprint density at radius 2 is 2.16 bits per heavy atom. The van der Waals surface area contributed by atoms with Crippen LogP contribution in [0.15, 0.2) is 33.2 Å². The van der Waals surface area contributed by atoms with Crippen molar-refractivity contribution in [1.29, 1.82) is 0 Å². The third kappa shape index (κ3) is 3.39.